The third-order valence-corrected chi connectivity index (χ3v) is 6.70. The largest absolute Gasteiger partial charge is 0.438 e. The quantitative estimate of drug-likeness (QED) is 0.0935. The van der Waals surface area contributed by atoms with Gasteiger partial charge in [-0.25, -0.2) is 8.78 Å². The number of alkyl halides is 22. The molecule has 50 heavy (non-hydrogen) atoms. The van der Waals surface area contributed by atoms with E-state index < -0.39 is 104 Å². The molecule has 0 atom stereocenters. The van der Waals surface area contributed by atoms with E-state index in [0.717, 1.165) is 12.8 Å². The molecule has 0 rings (SSSR count). The van der Waals surface area contributed by atoms with Gasteiger partial charge in [0, 0.05) is 26.1 Å². The Bertz CT molecular complexity index is 1140. The smallest absolute Gasteiger partial charge is 0.396 e. The molecule has 0 heterocycles. The van der Waals surface area contributed by atoms with Crippen molar-refractivity contribution in [3.05, 3.63) is 0 Å². The van der Waals surface area contributed by atoms with Crippen LogP contribution < -0.4 is 0 Å². The predicted molar refractivity (Wildman–Crippen MR) is 117 cm³/mol. The summed E-state index contributed by atoms with van der Waals surface area (Å²) in [7, 11) is -10.9. The van der Waals surface area contributed by atoms with Crippen molar-refractivity contribution in [1.82, 2.24) is 0 Å². The Hall–Kier alpha value is -1.80. The van der Waals surface area contributed by atoms with Crippen LogP contribution in [0.5, 0.6) is 0 Å². The first-order chi connectivity index (χ1) is 21.3. The topological polar surface area (TPSA) is 149 Å². The Labute approximate surface area is 263 Å². The Balaban J connectivity index is -0.000000758. The summed E-state index contributed by atoms with van der Waals surface area (Å²) in [4.78, 5) is 0. The average molecular weight is 846 g/mol. The third-order valence-electron chi connectivity index (χ3n) is 5.26. The van der Waals surface area contributed by atoms with Crippen molar-refractivity contribution in [3.8, 4) is 0 Å². The van der Waals surface area contributed by atoms with Gasteiger partial charge in [0.2, 0.25) is 0 Å². The van der Waals surface area contributed by atoms with Gasteiger partial charge in [-0.15, -0.1) is 0 Å². The lowest BCUT2D eigenvalue weighted by molar-refractivity contribution is -0.427. The van der Waals surface area contributed by atoms with E-state index in [1.54, 1.807) is 0 Å². The van der Waals surface area contributed by atoms with E-state index in [2.05, 4.69) is 0 Å². The van der Waals surface area contributed by atoms with Crippen LogP contribution in [-0.2, 0) is 20.2 Å². The second-order valence-corrected chi connectivity index (χ2v) is 12.2. The van der Waals surface area contributed by atoms with Crippen LogP contribution in [0.2, 0.25) is 0 Å². The molecule has 0 aliphatic heterocycles. The molecule has 0 unspecified atom stereocenters. The van der Waals surface area contributed by atoms with Crippen molar-refractivity contribution in [2.24, 2.45) is 0 Å². The van der Waals surface area contributed by atoms with Crippen molar-refractivity contribution in [2.45, 2.75) is 85.4 Å². The van der Waals surface area contributed by atoms with Crippen LogP contribution >= 0.6 is 0 Å². The summed E-state index contributed by atoms with van der Waals surface area (Å²) in [6, 6.07) is 0. The molecular weight excluding hydrogens is 826 g/mol. The molecule has 0 aromatic rings. The minimum absolute atomic E-state index is 0.195. The number of aliphatic hydroxyl groups is 2. The zero-order valence-corrected chi connectivity index (χ0v) is 24.8. The van der Waals surface area contributed by atoms with E-state index in [4.69, 9.17) is 19.3 Å². The van der Waals surface area contributed by atoms with Crippen LogP contribution in [0.1, 0.15) is 25.7 Å². The zero-order chi connectivity index (χ0) is 41.7. The van der Waals surface area contributed by atoms with Gasteiger partial charge in [-0.05, 0) is 12.8 Å². The van der Waals surface area contributed by atoms with Crippen molar-refractivity contribution in [1.29, 1.82) is 0 Å². The SMILES string of the molecule is O=S(=O)(O)CCC(F)(F)C(F)(F)C(F)(C(F)(F)F)C(F)(F)F.O=S(=O)(O)CCC(F)(F)C(F)(F)C(F)(C(F)(F)F)C(F)(F)F.OCCCCO. The molecule has 0 aliphatic carbocycles. The molecule has 0 saturated heterocycles. The van der Waals surface area contributed by atoms with Gasteiger partial charge in [0.25, 0.3) is 20.2 Å². The fraction of sp³-hybridized carbons (Fsp3) is 1.00. The van der Waals surface area contributed by atoms with Crippen LogP contribution in [0.25, 0.3) is 0 Å². The van der Waals surface area contributed by atoms with Gasteiger partial charge in [-0.2, -0.15) is 105 Å². The molecule has 0 radical (unpaired) electrons. The van der Waals surface area contributed by atoms with Crippen molar-refractivity contribution in [3.63, 3.8) is 0 Å². The first-order valence-corrected chi connectivity index (χ1v) is 14.8. The maximum Gasteiger partial charge on any atom is 0.438 e. The molecule has 0 amide bonds. The van der Waals surface area contributed by atoms with Crippen molar-refractivity contribution >= 4 is 20.2 Å². The molecule has 0 aliphatic rings. The van der Waals surface area contributed by atoms with Crippen LogP contribution in [0.4, 0.5) is 96.6 Å². The monoisotopic (exact) mass is 846 g/mol. The Kier molecular flexibility index (Phi) is 17.3. The maximum atomic E-state index is 13.0. The second-order valence-electron chi connectivity index (χ2n) is 9.09. The summed E-state index contributed by atoms with van der Waals surface area (Å²) in [5.74, 6) is -32.2. The Morgan fingerprint density at radius 3 is 0.680 bits per heavy atom. The summed E-state index contributed by atoms with van der Waals surface area (Å²) in [5.41, 5.74) is -15.3. The lowest BCUT2D eigenvalue weighted by Gasteiger charge is -2.39. The van der Waals surface area contributed by atoms with Gasteiger partial charge in [-0.1, -0.05) is 0 Å². The molecule has 32 heteroatoms. The minimum atomic E-state index is -7.63. The van der Waals surface area contributed by atoms with E-state index in [0.29, 0.717) is 0 Å². The maximum absolute atomic E-state index is 13.0. The first kappa shape index (κ1) is 52.6. The van der Waals surface area contributed by atoms with Crippen LogP contribution in [-0.4, -0.2) is 121 Å². The Morgan fingerprint density at radius 2 is 0.560 bits per heavy atom. The predicted octanol–water partition coefficient (Wildman–Crippen LogP) is 6.49. The normalized spacial score (nSPS) is 15.2. The van der Waals surface area contributed by atoms with Gasteiger partial charge in [0.05, 0.1) is 11.5 Å². The summed E-state index contributed by atoms with van der Waals surface area (Å²) >= 11 is 0. The highest BCUT2D eigenvalue weighted by molar-refractivity contribution is 7.86. The number of hydrogen-bond acceptors (Lipinski definition) is 6. The first-order valence-electron chi connectivity index (χ1n) is 11.6. The average Bonchev–Trinajstić information content (AvgIpc) is 2.85. The van der Waals surface area contributed by atoms with Crippen LogP contribution in [0.3, 0.4) is 0 Å². The molecule has 4 N–H and O–H groups in total. The molecule has 0 spiro atoms. The van der Waals surface area contributed by atoms with E-state index >= 15 is 0 Å². The molecule has 0 saturated carbocycles. The zero-order valence-electron chi connectivity index (χ0n) is 23.2. The highest BCUT2D eigenvalue weighted by atomic mass is 32.2. The minimum Gasteiger partial charge on any atom is -0.396 e. The molecule has 0 aromatic heterocycles. The van der Waals surface area contributed by atoms with E-state index in [-0.39, 0.29) is 13.2 Å². The molecule has 0 aromatic carbocycles. The highest BCUT2D eigenvalue weighted by Gasteiger charge is 2.91. The van der Waals surface area contributed by atoms with Crippen molar-refractivity contribution in [2.75, 3.05) is 24.7 Å². The summed E-state index contributed by atoms with van der Waals surface area (Å²) < 4.78 is 330. The summed E-state index contributed by atoms with van der Waals surface area (Å²) in [5, 5.41) is 16.2. The Morgan fingerprint density at radius 1 is 0.380 bits per heavy atom. The second kappa shape index (κ2) is 16.5. The third kappa shape index (κ3) is 12.4. The summed E-state index contributed by atoms with van der Waals surface area (Å²) in [6.45, 7) is 0.390. The summed E-state index contributed by atoms with van der Waals surface area (Å²) in [6.07, 6.45) is -34.2. The number of unbranched alkanes of at least 4 members (excludes halogenated alkanes) is 1. The molecule has 8 nitrogen and oxygen atoms in total. The number of aliphatic hydroxyl groups excluding tert-OH is 2. The number of hydrogen-bond donors (Lipinski definition) is 4. The van der Waals surface area contributed by atoms with Crippen molar-refractivity contribution < 1.29 is 133 Å². The molecule has 0 bridgehead atoms. The number of rotatable bonds is 13. The number of halogens is 22. The van der Waals surface area contributed by atoms with Crippen LogP contribution in [0.15, 0.2) is 0 Å². The fourth-order valence-electron chi connectivity index (χ4n) is 2.59. The molecular formula is C18H20F22O8S2. The van der Waals surface area contributed by atoms with Gasteiger partial charge in [-0.3, -0.25) is 9.11 Å². The van der Waals surface area contributed by atoms with Crippen LogP contribution in [0, 0.1) is 0 Å². The lowest BCUT2D eigenvalue weighted by atomic mass is 9.89. The molecule has 0 fully saturated rings. The van der Waals surface area contributed by atoms with Gasteiger partial charge >= 0.3 is 59.7 Å². The highest BCUT2D eigenvalue weighted by Crippen LogP contribution is 2.61. The van der Waals surface area contributed by atoms with Gasteiger partial charge in [0.15, 0.2) is 0 Å². The van der Waals surface area contributed by atoms with Gasteiger partial charge in [0.1, 0.15) is 0 Å². The van der Waals surface area contributed by atoms with E-state index in [1.165, 1.54) is 0 Å². The van der Waals surface area contributed by atoms with E-state index in [9.17, 15) is 113 Å². The molecule has 306 valence electrons. The van der Waals surface area contributed by atoms with E-state index in [1.807, 2.05) is 0 Å². The lowest BCUT2D eigenvalue weighted by Crippen LogP contribution is -2.70. The van der Waals surface area contributed by atoms with Gasteiger partial charge < -0.3 is 10.2 Å². The fourth-order valence-corrected chi connectivity index (χ4v) is 3.62. The standard InChI is InChI=1S/2C7H5F11O3S.C4H10O2/c2*8-3(9,1-2-22(19,20)21)5(11,12)4(10,6(13,14)15)7(16,17)18;5-3-1-2-4-6/h2*1-2H2,(H,19,20,21);5-6H,1-4H2.